The fourth-order valence-electron chi connectivity index (χ4n) is 8.77. The second-order valence-electron chi connectivity index (χ2n) is 14.2. The molecule has 1 N–H and O–H groups in total. The lowest BCUT2D eigenvalue weighted by atomic mass is 9.48. The molecule has 2 amide bonds. The third-order valence-corrected chi connectivity index (χ3v) is 12.0. The van der Waals surface area contributed by atoms with Crippen LogP contribution in [0, 0.1) is 17.8 Å². The zero-order valence-electron chi connectivity index (χ0n) is 27.4. The minimum absolute atomic E-state index is 0.121. The summed E-state index contributed by atoms with van der Waals surface area (Å²) in [6, 6.07) is 23.8. The predicted molar refractivity (Wildman–Crippen MR) is 188 cm³/mol. The summed E-state index contributed by atoms with van der Waals surface area (Å²) in [7, 11) is -3.83. The van der Waals surface area contributed by atoms with Gasteiger partial charge in [-0.05, 0) is 109 Å². The van der Waals surface area contributed by atoms with E-state index in [1.54, 1.807) is 12.1 Å². The predicted octanol–water partition coefficient (Wildman–Crippen LogP) is 6.74. The highest BCUT2D eigenvalue weighted by Crippen LogP contribution is 2.60. The Bertz CT molecular complexity index is 1630. The molecule has 3 aromatic carbocycles. The number of halogens is 1. The highest BCUT2D eigenvalue weighted by Gasteiger charge is 2.51. The van der Waals surface area contributed by atoms with Gasteiger partial charge in [-0.1, -0.05) is 73.1 Å². The van der Waals surface area contributed by atoms with Crippen molar-refractivity contribution in [3.8, 4) is 0 Å². The molecule has 4 aliphatic rings. The number of amides is 2. The van der Waals surface area contributed by atoms with E-state index >= 15 is 0 Å². The first-order valence-corrected chi connectivity index (χ1v) is 19.2. The maximum absolute atomic E-state index is 14.4. The van der Waals surface area contributed by atoms with Crippen LogP contribution < -0.4 is 9.62 Å². The molecule has 0 radical (unpaired) electrons. The fraction of sp³-hybridized carbons (Fsp3) is 0.474. The van der Waals surface area contributed by atoms with Crippen LogP contribution in [-0.4, -0.2) is 50.5 Å². The molecule has 250 valence electrons. The molecule has 0 spiro atoms. The summed E-state index contributed by atoms with van der Waals surface area (Å²) in [5, 5.41) is 3.54. The fourth-order valence-corrected chi connectivity index (χ4v) is 9.74. The zero-order chi connectivity index (χ0) is 33.2. The number of nitrogens with zero attached hydrogens (tertiary/aromatic N) is 2. The molecule has 7 rings (SSSR count). The van der Waals surface area contributed by atoms with Crippen molar-refractivity contribution in [2.75, 3.05) is 23.7 Å². The van der Waals surface area contributed by atoms with Crippen LogP contribution in [0.3, 0.4) is 0 Å². The maximum atomic E-state index is 14.4. The molecule has 0 heterocycles. The van der Waals surface area contributed by atoms with Crippen molar-refractivity contribution >= 4 is 39.1 Å². The van der Waals surface area contributed by atoms with E-state index in [1.165, 1.54) is 53.3 Å². The van der Waals surface area contributed by atoms with Gasteiger partial charge in [0.15, 0.2) is 0 Å². The Morgan fingerprint density at radius 2 is 1.47 bits per heavy atom. The largest absolute Gasteiger partial charge is 0.354 e. The first-order chi connectivity index (χ1) is 22.5. The van der Waals surface area contributed by atoms with E-state index in [0.29, 0.717) is 17.3 Å². The zero-order valence-corrected chi connectivity index (χ0v) is 29.0. The van der Waals surface area contributed by atoms with E-state index in [4.69, 9.17) is 11.6 Å². The number of carbonyl (C=O) groups excluding carboxylic acids is 2. The van der Waals surface area contributed by atoms with E-state index in [-0.39, 0.29) is 24.3 Å². The molecule has 0 aromatic heterocycles. The number of rotatable bonds is 13. The van der Waals surface area contributed by atoms with Crippen LogP contribution >= 0.6 is 11.6 Å². The Hall–Kier alpha value is -3.36. The number of benzene rings is 3. The van der Waals surface area contributed by atoms with Gasteiger partial charge >= 0.3 is 0 Å². The van der Waals surface area contributed by atoms with Crippen molar-refractivity contribution in [1.29, 1.82) is 0 Å². The Balaban J connectivity index is 1.29. The second kappa shape index (κ2) is 14.0. The molecule has 4 bridgehead atoms. The van der Waals surface area contributed by atoms with Gasteiger partial charge < -0.3 is 10.2 Å². The molecule has 4 fully saturated rings. The van der Waals surface area contributed by atoms with Gasteiger partial charge in [0.05, 0.1) is 11.9 Å². The van der Waals surface area contributed by atoms with E-state index in [0.717, 1.165) is 41.6 Å². The first kappa shape index (κ1) is 33.5. The van der Waals surface area contributed by atoms with Gasteiger partial charge in [-0.3, -0.25) is 13.9 Å². The summed E-state index contributed by atoms with van der Waals surface area (Å²) in [5.74, 6) is 1.68. The molecule has 4 saturated carbocycles. The second-order valence-corrected chi connectivity index (χ2v) is 16.5. The highest BCUT2D eigenvalue weighted by atomic mass is 35.5. The van der Waals surface area contributed by atoms with Crippen molar-refractivity contribution in [1.82, 2.24) is 10.2 Å². The van der Waals surface area contributed by atoms with Crippen LogP contribution in [0.5, 0.6) is 0 Å². The highest BCUT2D eigenvalue weighted by molar-refractivity contribution is 7.92. The summed E-state index contributed by atoms with van der Waals surface area (Å²) in [6.45, 7) is 2.14. The molecule has 0 saturated heterocycles. The Kier molecular flexibility index (Phi) is 10.00. The SMILES string of the molecule is CCCNC(=O)[C@@H](Cc1ccccc1)N(Cc1ccc(Cl)cc1)C(=O)CN(c1ccc(C23CC4CC(CC(C4)C2)C3)cc1)S(C)(=O)=O. The Morgan fingerprint density at radius 3 is 2.02 bits per heavy atom. The van der Waals surface area contributed by atoms with Gasteiger partial charge in [-0.15, -0.1) is 0 Å². The van der Waals surface area contributed by atoms with E-state index in [2.05, 4.69) is 17.4 Å². The third kappa shape index (κ3) is 7.70. The van der Waals surface area contributed by atoms with Crippen LogP contribution in [-0.2, 0) is 38.0 Å². The summed E-state index contributed by atoms with van der Waals surface area (Å²) in [4.78, 5) is 29.6. The molecule has 0 aliphatic heterocycles. The molecule has 9 heteroatoms. The molecule has 3 aromatic rings. The summed E-state index contributed by atoms with van der Waals surface area (Å²) < 4.78 is 27.8. The van der Waals surface area contributed by atoms with Gasteiger partial charge in [0.1, 0.15) is 12.6 Å². The average Bonchev–Trinajstić information content (AvgIpc) is 3.04. The molecule has 47 heavy (non-hydrogen) atoms. The van der Waals surface area contributed by atoms with Gasteiger partial charge in [0.25, 0.3) is 0 Å². The minimum atomic E-state index is -3.83. The lowest BCUT2D eigenvalue weighted by Gasteiger charge is -2.57. The molecule has 4 aliphatic carbocycles. The lowest BCUT2D eigenvalue weighted by molar-refractivity contribution is -0.140. The minimum Gasteiger partial charge on any atom is -0.354 e. The number of hydrogen-bond acceptors (Lipinski definition) is 4. The lowest BCUT2D eigenvalue weighted by Crippen LogP contribution is -2.53. The quantitative estimate of drug-likeness (QED) is 0.218. The first-order valence-electron chi connectivity index (χ1n) is 17.0. The van der Waals surface area contributed by atoms with Crippen LogP contribution in [0.1, 0.15) is 68.6 Å². The van der Waals surface area contributed by atoms with Gasteiger partial charge in [-0.2, -0.15) is 0 Å². The maximum Gasteiger partial charge on any atom is 0.244 e. The van der Waals surface area contributed by atoms with E-state index < -0.39 is 28.5 Å². The smallest absolute Gasteiger partial charge is 0.244 e. The molecule has 0 unspecified atom stereocenters. The summed E-state index contributed by atoms with van der Waals surface area (Å²) >= 11 is 6.16. The standard InChI is InChI=1S/C38H46ClN3O4S/c1-3-17-40-37(44)35(21-27-7-5-4-6-8-27)41(25-28-9-13-33(39)14-10-28)36(43)26-42(47(2,45)46)34-15-11-32(12-16-34)38-22-29-18-30(23-38)20-31(19-29)24-38/h4-16,29-31,35H,3,17-26H2,1-2H3,(H,40,44)/t29?,30?,31?,35-,38?/m1/s1. The van der Waals surface area contributed by atoms with Crippen molar-refractivity contribution in [3.63, 3.8) is 0 Å². The Labute approximate surface area is 284 Å². The van der Waals surface area contributed by atoms with Crippen molar-refractivity contribution in [2.24, 2.45) is 17.8 Å². The molecule has 7 nitrogen and oxygen atoms in total. The van der Waals surface area contributed by atoms with Gasteiger partial charge in [-0.25, -0.2) is 8.42 Å². The monoisotopic (exact) mass is 675 g/mol. The molecule has 1 atom stereocenters. The van der Waals surface area contributed by atoms with Crippen LogP contribution in [0.15, 0.2) is 78.9 Å². The summed E-state index contributed by atoms with van der Waals surface area (Å²) in [6.07, 6.45) is 9.89. The number of hydrogen-bond donors (Lipinski definition) is 1. The van der Waals surface area contributed by atoms with Crippen LogP contribution in [0.2, 0.25) is 5.02 Å². The number of nitrogens with one attached hydrogen (secondary N) is 1. The third-order valence-electron chi connectivity index (χ3n) is 10.6. The van der Waals surface area contributed by atoms with E-state index in [9.17, 15) is 18.0 Å². The van der Waals surface area contributed by atoms with Crippen molar-refractivity contribution < 1.29 is 18.0 Å². The Morgan fingerprint density at radius 1 is 0.872 bits per heavy atom. The van der Waals surface area contributed by atoms with Crippen molar-refractivity contribution in [3.05, 3.63) is 101 Å². The van der Waals surface area contributed by atoms with Gasteiger partial charge in [0, 0.05) is 24.5 Å². The summed E-state index contributed by atoms with van der Waals surface area (Å²) in [5.41, 5.74) is 3.62. The number of anilines is 1. The van der Waals surface area contributed by atoms with Crippen molar-refractivity contribution in [2.45, 2.75) is 76.3 Å². The van der Waals surface area contributed by atoms with Crippen LogP contribution in [0.4, 0.5) is 5.69 Å². The average molecular weight is 676 g/mol. The van der Waals surface area contributed by atoms with E-state index in [1.807, 2.05) is 61.5 Å². The number of carbonyl (C=O) groups is 2. The molecular formula is C38H46ClN3O4S. The van der Waals surface area contributed by atoms with Crippen LogP contribution in [0.25, 0.3) is 0 Å². The van der Waals surface area contributed by atoms with Gasteiger partial charge in [0.2, 0.25) is 21.8 Å². The topological polar surface area (TPSA) is 86.8 Å². The molecular weight excluding hydrogens is 630 g/mol. The number of sulfonamides is 1. The normalized spacial score (nSPS) is 23.7.